The minimum Gasteiger partial charge on any atom is -0.346 e. The van der Waals surface area contributed by atoms with E-state index in [-0.39, 0.29) is 16.3 Å². The molecule has 1 aromatic heterocycles. The van der Waals surface area contributed by atoms with Crippen molar-refractivity contribution in [3.05, 3.63) is 15.8 Å². The number of hydrogen-bond acceptors (Lipinski definition) is 4. The number of amides is 1. The third kappa shape index (κ3) is 3.59. The molecule has 0 atom stereocenters. The smallest absolute Gasteiger partial charge is 0.261 e. The maximum absolute atomic E-state index is 12.3. The van der Waals surface area contributed by atoms with E-state index < -0.39 is 10.0 Å². The van der Waals surface area contributed by atoms with Crippen molar-refractivity contribution in [3.8, 4) is 0 Å². The molecule has 0 aromatic carbocycles. The number of rotatable bonds is 6. The fourth-order valence-electron chi connectivity index (χ4n) is 2.18. The number of primary sulfonamides is 1. The van der Waals surface area contributed by atoms with Crippen molar-refractivity contribution >= 4 is 27.3 Å². The van der Waals surface area contributed by atoms with Crippen molar-refractivity contribution in [2.24, 2.45) is 5.14 Å². The highest BCUT2D eigenvalue weighted by molar-refractivity contribution is 7.89. The number of carbonyl (C=O) groups excluding carboxylic acids is 1. The van der Waals surface area contributed by atoms with Gasteiger partial charge in [0.2, 0.25) is 10.0 Å². The normalized spacial score (nSPS) is 12.4. The first-order valence-corrected chi connectivity index (χ1v) is 9.01. The minimum atomic E-state index is -3.78. The van der Waals surface area contributed by atoms with Gasteiger partial charge in [0.15, 0.2) is 0 Å². The minimum absolute atomic E-state index is 0.0303. The van der Waals surface area contributed by atoms with Crippen LogP contribution in [0, 0.1) is 6.92 Å². The van der Waals surface area contributed by atoms with Crippen molar-refractivity contribution in [1.82, 2.24) is 5.32 Å². The van der Waals surface area contributed by atoms with Gasteiger partial charge in [-0.15, -0.1) is 11.3 Å². The molecule has 0 saturated heterocycles. The SMILES string of the molecule is CCC(CC)(CC)NC(=O)c1cc(S(N)(=O)=O)c(C)s1. The van der Waals surface area contributed by atoms with Gasteiger partial charge in [0, 0.05) is 10.4 Å². The lowest BCUT2D eigenvalue weighted by Crippen LogP contribution is -2.46. The van der Waals surface area contributed by atoms with Crippen molar-refractivity contribution in [3.63, 3.8) is 0 Å². The zero-order valence-electron chi connectivity index (χ0n) is 12.3. The van der Waals surface area contributed by atoms with Crippen LogP contribution in [0.1, 0.15) is 54.6 Å². The fraction of sp³-hybridized carbons (Fsp3) is 0.615. The molecule has 0 aliphatic carbocycles. The summed E-state index contributed by atoms with van der Waals surface area (Å²) in [5, 5.41) is 8.15. The van der Waals surface area contributed by atoms with Crippen LogP contribution in [-0.4, -0.2) is 19.9 Å². The zero-order chi connectivity index (χ0) is 15.6. The maximum Gasteiger partial charge on any atom is 0.261 e. The number of nitrogens with two attached hydrogens (primary N) is 1. The number of carbonyl (C=O) groups is 1. The van der Waals surface area contributed by atoms with Crippen LogP contribution in [0.2, 0.25) is 0 Å². The molecule has 1 rings (SSSR count). The van der Waals surface area contributed by atoms with Gasteiger partial charge < -0.3 is 5.32 Å². The number of nitrogens with one attached hydrogen (secondary N) is 1. The molecule has 20 heavy (non-hydrogen) atoms. The van der Waals surface area contributed by atoms with Gasteiger partial charge in [-0.3, -0.25) is 4.79 Å². The van der Waals surface area contributed by atoms with Crippen LogP contribution < -0.4 is 10.5 Å². The van der Waals surface area contributed by atoms with Gasteiger partial charge in [-0.05, 0) is 32.3 Å². The molecule has 0 aliphatic rings. The second-order valence-corrected chi connectivity index (χ2v) is 7.66. The van der Waals surface area contributed by atoms with Crippen molar-refractivity contribution in [2.45, 2.75) is 57.4 Å². The molecule has 7 heteroatoms. The van der Waals surface area contributed by atoms with E-state index in [4.69, 9.17) is 5.14 Å². The van der Waals surface area contributed by atoms with E-state index in [2.05, 4.69) is 5.32 Å². The summed E-state index contributed by atoms with van der Waals surface area (Å²) < 4.78 is 22.8. The van der Waals surface area contributed by atoms with E-state index >= 15 is 0 Å². The predicted octanol–water partition coefficient (Wildman–Crippen LogP) is 2.40. The first-order chi connectivity index (χ1) is 9.19. The number of hydrogen-bond donors (Lipinski definition) is 2. The maximum atomic E-state index is 12.3. The summed E-state index contributed by atoms with van der Waals surface area (Å²) in [6.07, 6.45) is 2.49. The Kier molecular flexibility index (Phi) is 5.34. The third-order valence-electron chi connectivity index (χ3n) is 3.81. The average molecular weight is 318 g/mol. The Labute approximate surface area is 124 Å². The third-order valence-corrected chi connectivity index (χ3v) is 6.03. The fourth-order valence-corrected chi connectivity index (χ4v) is 4.22. The van der Waals surface area contributed by atoms with Crippen LogP contribution in [0.15, 0.2) is 11.0 Å². The van der Waals surface area contributed by atoms with Gasteiger partial charge in [0.1, 0.15) is 0 Å². The van der Waals surface area contributed by atoms with E-state index in [1.54, 1.807) is 6.92 Å². The van der Waals surface area contributed by atoms with E-state index in [0.717, 1.165) is 30.6 Å². The molecule has 0 aliphatic heterocycles. The molecule has 1 heterocycles. The highest BCUT2D eigenvalue weighted by atomic mass is 32.2. The summed E-state index contributed by atoms with van der Waals surface area (Å²) >= 11 is 1.15. The van der Waals surface area contributed by atoms with Crippen molar-refractivity contribution in [2.75, 3.05) is 0 Å². The van der Waals surface area contributed by atoms with Crippen molar-refractivity contribution in [1.29, 1.82) is 0 Å². The number of aryl methyl sites for hydroxylation is 1. The van der Waals surface area contributed by atoms with E-state index in [1.165, 1.54) is 6.07 Å². The van der Waals surface area contributed by atoms with Crippen molar-refractivity contribution < 1.29 is 13.2 Å². The lowest BCUT2D eigenvalue weighted by Gasteiger charge is -2.31. The molecular weight excluding hydrogens is 296 g/mol. The molecular formula is C13H22N2O3S2. The monoisotopic (exact) mass is 318 g/mol. The van der Waals surface area contributed by atoms with Crippen LogP contribution >= 0.6 is 11.3 Å². The summed E-state index contributed by atoms with van der Waals surface area (Å²) in [5.41, 5.74) is -0.239. The lowest BCUT2D eigenvalue weighted by molar-refractivity contribution is 0.0892. The Bertz CT molecular complexity index is 578. The molecule has 0 saturated carbocycles. The van der Waals surface area contributed by atoms with Gasteiger partial charge in [0.25, 0.3) is 5.91 Å². The van der Waals surface area contributed by atoms with E-state index in [9.17, 15) is 13.2 Å². The van der Waals surface area contributed by atoms with E-state index in [1.807, 2.05) is 20.8 Å². The Morgan fingerprint density at radius 2 is 1.80 bits per heavy atom. The molecule has 1 amide bonds. The van der Waals surface area contributed by atoms with Gasteiger partial charge in [-0.25, -0.2) is 13.6 Å². The Balaban J connectivity index is 3.06. The summed E-state index contributed by atoms with van der Waals surface area (Å²) in [7, 11) is -3.78. The van der Waals surface area contributed by atoms with Crippen LogP contribution in [0.4, 0.5) is 0 Å². The second kappa shape index (κ2) is 6.24. The average Bonchev–Trinajstić information content (AvgIpc) is 2.78. The van der Waals surface area contributed by atoms with Crippen LogP contribution in [0.5, 0.6) is 0 Å². The first kappa shape index (κ1) is 17.1. The molecule has 3 N–H and O–H groups in total. The van der Waals surface area contributed by atoms with Gasteiger partial charge in [-0.1, -0.05) is 20.8 Å². The zero-order valence-corrected chi connectivity index (χ0v) is 14.0. The summed E-state index contributed by atoms with van der Waals surface area (Å²) in [4.78, 5) is 13.2. The lowest BCUT2D eigenvalue weighted by atomic mass is 9.90. The van der Waals surface area contributed by atoms with Gasteiger partial charge >= 0.3 is 0 Å². The van der Waals surface area contributed by atoms with Gasteiger partial charge in [0.05, 0.1) is 9.77 Å². The molecule has 0 radical (unpaired) electrons. The van der Waals surface area contributed by atoms with Crippen LogP contribution in [0.25, 0.3) is 0 Å². The number of thiophene rings is 1. The Hall–Kier alpha value is -0.920. The van der Waals surface area contributed by atoms with Gasteiger partial charge in [-0.2, -0.15) is 0 Å². The molecule has 5 nitrogen and oxygen atoms in total. The van der Waals surface area contributed by atoms with Crippen LogP contribution in [0.3, 0.4) is 0 Å². The summed E-state index contributed by atoms with van der Waals surface area (Å²) in [6, 6.07) is 1.36. The van der Waals surface area contributed by atoms with E-state index in [0.29, 0.717) is 9.75 Å². The first-order valence-electron chi connectivity index (χ1n) is 6.64. The molecule has 114 valence electrons. The Morgan fingerprint density at radius 3 is 2.15 bits per heavy atom. The molecule has 0 fully saturated rings. The summed E-state index contributed by atoms with van der Waals surface area (Å²) in [6.45, 7) is 7.74. The predicted molar refractivity (Wildman–Crippen MR) is 81.5 cm³/mol. The molecule has 0 unspecified atom stereocenters. The Morgan fingerprint density at radius 1 is 1.30 bits per heavy atom. The standard InChI is InChI=1S/C13H22N2O3S2/c1-5-13(6-2,7-3)15-12(16)10-8-11(9(4)19-10)20(14,17)18/h8H,5-7H2,1-4H3,(H,15,16)(H2,14,17,18). The molecule has 0 bridgehead atoms. The number of sulfonamides is 1. The van der Waals surface area contributed by atoms with Crippen LogP contribution in [-0.2, 0) is 10.0 Å². The quantitative estimate of drug-likeness (QED) is 0.844. The highest BCUT2D eigenvalue weighted by Gasteiger charge is 2.28. The molecule has 1 aromatic rings. The molecule has 0 spiro atoms. The topological polar surface area (TPSA) is 89.3 Å². The summed E-state index contributed by atoms with van der Waals surface area (Å²) in [5.74, 6) is -0.237. The largest absolute Gasteiger partial charge is 0.346 e. The second-order valence-electron chi connectivity index (χ2n) is 4.87. The highest BCUT2D eigenvalue weighted by Crippen LogP contribution is 2.26.